The van der Waals surface area contributed by atoms with Crippen LogP contribution in [0.5, 0.6) is 0 Å². The highest BCUT2D eigenvalue weighted by molar-refractivity contribution is 7.80. The second-order valence-corrected chi connectivity index (χ2v) is 6.79. The van der Waals surface area contributed by atoms with Crippen LogP contribution in [-0.4, -0.2) is 15.8 Å². The Bertz CT molecular complexity index is 606. The summed E-state index contributed by atoms with van der Waals surface area (Å²) in [5, 5.41) is 3.01. The van der Waals surface area contributed by atoms with Crippen molar-refractivity contribution in [3.05, 3.63) is 41.1 Å². The highest BCUT2D eigenvalue weighted by atomic mass is 32.1. The second-order valence-electron chi connectivity index (χ2n) is 6.35. The quantitative estimate of drug-likeness (QED) is 0.622. The number of ketones is 1. The number of rotatable bonds is 6. The van der Waals surface area contributed by atoms with Crippen molar-refractivity contribution in [3.63, 3.8) is 0 Å². The van der Waals surface area contributed by atoms with Gasteiger partial charge < -0.3 is 11.1 Å². The molecule has 3 N–H and O–H groups in total. The number of nitrogens with zero attached hydrogens (tertiary/aromatic N) is 1. The molecule has 1 rings (SSSR count). The number of hydrogen-bond acceptors (Lipinski definition) is 4. The van der Waals surface area contributed by atoms with Gasteiger partial charge in [-0.05, 0) is 18.4 Å². The highest BCUT2D eigenvalue weighted by Crippen LogP contribution is 2.22. The van der Waals surface area contributed by atoms with Crippen molar-refractivity contribution in [1.82, 2.24) is 10.3 Å². The molecule has 0 unspecified atom stereocenters. The predicted octanol–water partition coefficient (Wildman–Crippen LogP) is 2.88. The molecule has 22 heavy (non-hydrogen) atoms. The van der Waals surface area contributed by atoms with E-state index in [0.29, 0.717) is 23.3 Å². The van der Waals surface area contributed by atoms with Gasteiger partial charge in [-0.25, -0.2) is 4.39 Å². The first kappa shape index (κ1) is 18.2. The average Bonchev–Trinajstić information content (AvgIpc) is 2.35. The molecule has 1 aromatic heterocycles. The summed E-state index contributed by atoms with van der Waals surface area (Å²) in [7, 11) is 0. The molecule has 6 heteroatoms. The fourth-order valence-electron chi connectivity index (χ4n) is 1.96. The number of nitrogens with one attached hydrogen (secondary N) is 1. The van der Waals surface area contributed by atoms with Crippen LogP contribution in [0.15, 0.2) is 29.7 Å². The van der Waals surface area contributed by atoms with Crippen molar-refractivity contribution in [2.45, 2.75) is 40.7 Å². The van der Waals surface area contributed by atoms with E-state index in [1.54, 1.807) is 13.0 Å². The molecule has 0 spiro atoms. The first-order valence-electron chi connectivity index (χ1n) is 6.98. The van der Waals surface area contributed by atoms with Crippen molar-refractivity contribution in [3.8, 4) is 0 Å². The van der Waals surface area contributed by atoms with Crippen molar-refractivity contribution in [2.75, 3.05) is 0 Å². The summed E-state index contributed by atoms with van der Waals surface area (Å²) in [6.45, 7) is 7.86. The van der Waals surface area contributed by atoms with Crippen LogP contribution < -0.4 is 11.1 Å². The monoisotopic (exact) mass is 323 g/mol. The zero-order valence-corrected chi connectivity index (χ0v) is 14.2. The predicted molar refractivity (Wildman–Crippen MR) is 89.6 cm³/mol. The van der Waals surface area contributed by atoms with Crippen molar-refractivity contribution in [1.29, 1.82) is 0 Å². The number of halogens is 1. The van der Waals surface area contributed by atoms with Crippen LogP contribution in [0, 0.1) is 11.2 Å². The van der Waals surface area contributed by atoms with Gasteiger partial charge in [0.05, 0.1) is 11.8 Å². The number of hydrogen-bond donors (Lipinski definition) is 2. The zero-order chi connectivity index (χ0) is 16.9. The first-order valence-corrected chi connectivity index (χ1v) is 7.39. The Balaban J connectivity index is 2.92. The highest BCUT2D eigenvalue weighted by Gasteiger charge is 2.22. The van der Waals surface area contributed by atoms with E-state index < -0.39 is 5.82 Å². The fourth-order valence-corrected chi connectivity index (χ4v) is 2.23. The van der Waals surface area contributed by atoms with E-state index in [4.69, 9.17) is 18.0 Å². The molecule has 1 heterocycles. The van der Waals surface area contributed by atoms with Gasteiger partial charge in [0, 0.05) is 30.4 Å². The summed E-state index contributed by atoms with van der Waals surface area (Å²) in [5.41, 5.74) is 6.84. The number of thiocarbonyl (C=S) groups is 1. The molecule has 0 bridgehead atoms. The van der Waals surface area contributed by atoms with Gasteiger partial charge >= 0.3 is 0 Å². The molecule has 1 aromatic rings. The minimum absolute atomic E-state index is 0.0504. The lowest BCUT2D eigenvalue weighted by Crippen LogP contribution is -2.27. The maximum absolute atomic E-state index is 13.5. The summed E-state index contributed by atoms with van der Waals surface area (Å²) in [6, 6.07) is 1.58. The van der Waals surface area contributed by atoms with Crippen LogP contribution in [0.2, 0.25) is 0 Å². The number of Topliss-reactive ketones (excluding diaryl/α,β-unsaturated/α-hetero) is 1. The smallest absolute Gasteiger partial charge is 0.168 e. The van der Waals surface area contributed by atoms with Gasteiger partial charge in [-0.15, -0.1) is 0 Å². The topological polar surface area (TPSA) is 68.0 Å². The summed E-state index contributed by atoms with van der Waals surface area (Å²) in [6.07, 6.45) is 3.00. The van der Waals surface area contributed by atoms with Crippen LogP contribution in [-0.2, 0) is 11.3 Å². The largest absolute Gasteiger partial charge is 0.389 e. The molecule has 0 fully saturated rings. The molecular formula is C16H22FN3OS. The standard InChI is InChI=1S/C16H22FN3OS/c1-10(20-8-11-5-6-19-9-12(11)17)14(15(18)22)13(21)7-16(2,3)4/h5-6,9,20H,7-8H2,1-4H3,(H2,18,22)/b14-10+. The molecule has 0 saturated heterocycles. The van der Waals surface area contributed by atoms with Gasteiger partial charge in [0.15, 0.2) is 5.78 Å². The number of nitrogens with two attached hydrogens (primary N) is 1. The number of allylic oxidation sites excluding steroid dienone is 1. The number of carbonyl (C=O) groups is 1. The molecule has 0 aromatic carbocycles. The Hall–Kier alpha value is -1.82. The molecule has 0 aliphatic carbocycles. The summed E-state index contributed by atoms with van der Waals surface area (Å²) >= 11 is 4.99. The molecule has 0 aliphatic heterocycles. The average molecular weight is 323 g/mol. The van der Waals surface area contributed by atoms with E-state index in [0.717, 1.165) is 6.20 Å². The van der Waals surface area contributed by atoms with Gasteiger partial charge in [-0.1, -0.05) is 33.0 Å². The Kier molecular flexibility index (Phi) is 6.17. The van der Waals surface area contributed by atoms with Crippen LogP contribution in [0.3, 0.4) is 0 Å². The Morgan fingerprint density at radius 2 is 2.09 bits per heavy atom. The third-order valence-electron chi connectivity index (χ3n) is 2.99. The number of carbonyl (C=O) groups excluding carboxylic acids is 1. The SMILES string of the molecule is C/C(NCc1ccncc1F)=C(/C(=O)CC(C)(C)C)C(N)=S. The van der Waals surface area contributed by atoms with Crippen LogP contribution >= 0.6 is 12.2 Å². The Morgan fingerprint density at radius 1 is 1.45 bits per heavy atom. The third-order valence-corrected chi connectivity index (χ3v) is 3.20. The van der Waals surface area contributed by atoms with E-state index in [1.807, 2.05) is 20.8 Å². The van der Waals surface area contributed by atoms with Gasteiger partial charge in [0.2, 0.25) is 0 Å². The summed E-state index contributed by atoms with van der Waals surface area (Å²) in [5.74, 6) is -0.513. The number of pyridine rings is 1. The second kappa shape index (κ2) is 7.45. The summed E-state index contributed by atoms with van der Waals surface area (Å²) < 4.78 is 13.5. The summed E-state index contributed by atoms with van der Waals surface area (Å²) in [4.78, 5) is 16.1. The van der Waals surface area contributed by atoms with E-state index in [2.05, 4.69) is 10.3 Å². The lowest BCUT2D eigenvalue weighted by Gasteiger charge is -2.19. The molecular weight excluding hydrogens is 301 g/mol. The Labute approximate surface area is 136 Å². The molecule has 0 atom stereocenters. The first-order chi connectivity index (χ1) is 10.1. The molecule has 0 aliphatic rings. The number of aromatic nitrogens is 1. The zero-order valence-electron chi connectivity index (χ0n) is 13.4. The third kappa shape index (κ3) is 5.52. The normalized spacial score (nSPS) is 12.6. The van der Waals surface area contributed by atoms with Gasteiger partial charge in [0.25, 0.3) is 0 Å². The van der Waals surface area contributed by atoms with Crippen molar-refractivity contribution in [2.24, 2.45) is 11.1 Å². The van der Waals surface area contributed by atoms with Crippen LogP contribution in [0.25, 0.3) is 0 Å². The molecule has 120 valence electrons. The Morgan fingerprint density at radius 3 is 2.59 bits per heavy atom. The van der Waals surface area contributed by atoms with Crippen LogP contribution in [0.1, 0.15) is 39.7 Å². The lowest BCUT2D eigenvalue weighted by atomic mass is 9.87. The molecule has 0 amide bonds. The van der Waals surface area contributed by atoms with E-state index in [-0.39, 0.29) is 22.7 Å². The van der Waals surface area contributed by atoms with E-state index >= 15 is 0 Å². The van der Waals surface area contributed by atoms with E-state index in [9.17, 15) is 9.18 Å². The molecule has 0 radical (unpaired) electrons. The van der Waals surface area contributed by atoms with Gasteiger partial charge in [-0.2, -0.15) is 0 Å². The van der Waals surface area contributed by atoms with Crippen molar-refractivity contribution < 1.29 is 9.18 Å². The fraction of sp³-hybridized carbons (Fsp3) is 0.438. The minimum Gasteiger partial charge on any atom is -0.389 e. The van der Waals surface area contributed by atoms with E-state index in [1.165, 1.54) is 6.20 Å². The van der Waals surface area contributed by atoms with Crippen LogP contribution in [0.4, 0.5) is 4.39 Å². The molecule has 4 nitrogen and oxygen atoms in total. The molecule has 0 saturated carbocycles. The maximum Gasteiger partial charge on any atom is 0.168 e. The van der Waals surface area contributed by atoms with Gasteiger partial charge in [-0.3, -0.25) is 9.78 Å². The minimum atomic E-state index is -0.402. The lowest BCUT2D eigenvalue weighted by molar-refractivity contribution is -0.116. The van der Waals surface area contributed by atoms with Crippen molar-refractivity contribution >= 4 is 23.0 Å². The van der Waals surface area contributed by atoms with Gasteiger partial charge in [0.1, 0.15) is 10.8 Å². The maximum atomic E-state index is 13.5.